The van der Waals surface area contributed by atoms with Crippen LogP contribution in [0.5, 0.6) is 0 Å². The van der Waals surface area contributed by atoms with Gasteiger partial charge in [-0.2, -0.15) is 10.1 Å². The van der Waals surface area contributed by atoms with Crippen LogP contribution < -0.4 is 0 Å². The van der Waals surface area contributed by atoms with Gasteiger partial charge in [0.15, 0.2) is 11.5 Å². The van der Waals surface area contributed by atoms with Gasteiger partial charge in [0.05, 0.1) is 18.8 Å². The predicted molar refractivity (Wildman–Crippen MR) is 79.6 cm³/mol. The van der Waals surface area contributed by atoms with Crippen LogP contribution in [0.3, 0.4) is 0 Å². The van der Waals surface area contributed by atoms with Crippen molar-refractivity contribution < 1.29 is 9.32 Å². The first-order valence-corrected chi connectivity index (χ1v) is 7.65. The maximum absolute atomic E-state index is 12.3. The molecular formula is C15H21N5O2. The second kappa shape index (κ2) is 5.55. The largest absolute Gasteiger partial charge is 0.332 e. The van der Waals surface area contributed by atoms with Crippen molar-refractivity contribution >= 4 is 5.91 Å². The number of aryl methyl sites for hydroxylation is 2. The molecule has 0 bridgehead atoms. The standard InChI is InChI=1S/C15H21N5O2/c1-5-12-16-15(22-18-12)14-10-7-20(13(21)6-9(2)3)8-11(10)19(4)17-14/h9H,5-8H2,1-4H3. The molecule has 3 heterocycles. The Morgan fingerprint density at radius 1 is 1.36 bits per heavy atom. The Bertz CT molecular complexity index is 701. The van der Waals surface area contributed by atoms with Gasteiger partial charge in [0.1, 0.15) is 0 Å². The molecule has 2 aromatic rings. The van der Waals surface area contributed by atoms with Crippen molar-refractivity contribution in [3.05, 3.63) is 17.1 Å². The molecule has 1 aliphatic heterocycles. The van der Waals surface area contributed by atoms with E-state index in [-0.39, 0.29) is 5.91 Å². The molecule has 1 amide bonds. The molecule has 3 rings (SSSR count). The molecule has 0 N–H and O–H groups in total. The first-order chi connectivity index (χ1) is 10.5. The smallest absolute Gasteiger partial charge is 0.278 e. The van der Waals surface area contributed by atoms with Crippen LogP contribution in [0.15, 0.2) is 4.52 Å². The first-order valence-electron chi connectivity index (χ1n) is 7.65. The van der Waals surface area contributed by atoms with Crippen molar-refractivity contribution in [1.82, 2.24) is 24.8 Å². The van der Waals surface area contributed by atoms with Crippen LogP contribution in [0, 0.1) is 5.92 Å². The highest BCUT2D eigenvalue weighted by Crippen LogP contribution is 2.31. The summed E-state index contributed by atoms with van der Waals surface area (Å²) in [6.45, 7) is 7.24. The highest BCUT2D eigenvalue weighted by atomic mass is 16.5. The molecule has 7 nitrogen and oxygen atoms in total. The van der Waals surface area contributed by atoms with Crippen LogP contribution >= 0.6 is 0 Å². The molecule has 7 heteroatoms. The number of amides is 1. The fraction of sp³-hybridized carbons (Fsp3) is 0.600. The van der Waals surface area contributed by atoms with Crippen molar-refractivity contribution in [3.8, 4) is 11.6 Å². The zero-order valence-electron chi connectivity index (χ0n) is 13.5. The average Bonchev–Trinajstić information content (AvgIpc) is 3.14. The van der Waals surface area contributed by atoms with E-state index >= 15 is 0 Å². The number of hydrogen-bond donors (Lipinski definition) is 0. The van der Waals surface area contributed by atoms with E-state index in [1.807, 2.05) is 23.6 Å². The van der Waals surface area contributed by atoms with Gasteiger partial charge in [0, 0.05) is 25.5 Å². The van der Waals surface area contributed by atoms with Gasteiger partial charge in [-0.25, -0.2) is 0 Å². The topological polar surface area (TPSA) is 77.0 Å². The molecular weight excluding hydrogens is 282 g/mol. The second-order valence-electron chi connectivity index (χ2n) is 6.11. The van der Waals surface area contributed by atoms with Crippen molar-refractivity contribution in [2.45, 2.75) is 46.7 Å². The maximum Gasteiger partial charge on any atom is 0.278 e. The number of aromatic nitrogens is 4. The highest BCUT2D eigenvalue weighted by Gasteiger charge is 2.32. The zero-order chi connectivity index (χ0) is 15.9. The minimum Gasteiger partial charge on any atom is -0.332 e. The molecule has 0 spiro atoms. The Labute approximate surface area is 129 Å². The van der Waals surface area contributed by atoms with Gasteiger partial charge >= 0.3 is 0 Å². The molecule has 0 aliphatic carbocycles. The maximum atomic E-state index is 12.3. The minimum atomic E-state index is 0.178. The third-order valence-corrected chi connectivity index (χ3v) is 3.89. The molecule has 0 aromatic carbocycles. The number of carbonyl (C=O) groups is 1. The molecule has 0 saturated carbocycles. The second-order valence-corrected chi connectivity index (χ2v) is 6.11. The van der Waals surface area contributed by atoms with E-state index in [0.29, 0.717) is 42.8 Å². The Kier molecular flexibility index (Phi) is 3.72. The number of hydrogen-bond acceptors (Lipinski definition) is 5. The Balaban J connectivity index is 1.87. The molecule has 0 unspecified atom stereocenters. The molecule has 0 fully saturated rings. The fourth-order valence-electron chi connectivity index (χ4n) is 2.71. The van der Waals surface area contributed by atoms with E-state index in [1.54, 1.807) is 0 Å². The summed E-state index contributed by atoms with van der Waals surface area (Å²) in [5, 5.41) is 8.41. The predicted octanol–water partition coefficient (Wildman–Crippen LogP) is 1.92. The van der Waals surface area contributed by atoms with Gasteiger partial charge in [-0.05, 0) is 5.92 Å². The lowest BCUT2D eigenvalue weighted by atomic mass is 10.1. The Hall–Kier alpha value is -2.18. The summed E-state index contributed by atoms with van der Waals surface area (Å²) in [5.41, 5.74) is 2.76. The number of fused-ring (bicyclic) bond motifs is 1. The number of carbonyl (C=O) groups excluding carboxylic acids is 1. The fourth-order valence-corrected chi connectivity index (χ4v) is 2.71. The van der Waals surface area contributed by atoms with E-state index in [0.717, 1.165) is 17.7 Å². The van der Waals surface area contributed by atoms with Crippen LogP contribution in [0.4, 0.5) is 0 Å². The van der Waals surface area contributed by atoms with Crippen LogP contribution in [-0.2, 0) is 31.4 Å². The van der Waals surface area contributed by atoms with E-state index < -0.39 is 0 Å². The first kappa shape index (κ1) is 14.7. The van der Waals surface area contributed by atoms with E-state index in [9.17, 15) is 4.79 Å². The zero-order valence-corrected chi connectivity index (χ0v) is 13.5. The quantitative estimate of drug-likeness (QED) is 0.862. The molecule has 0 radical (unpaired) electrons. The van der Waals surface area contributed by atoms with Crippen LogP contribution in [0.1, 0.15) is 44.3 Å². The van der Waals surface area contributed by atoms with Crippen molar-refractivity contribution in [2.24, 2.45) is 13.0 Å². The molecule has 1 aliphatic rings. The SMILES string of the molecule is CCc1noc(-c2nn(C)c3c2CN(C(=O)CC(C)C)C3)n1. The van der Waals surface area contributed by atoms with Gasteiger partial charge in [-0.3, -0.25) is 9.48 Å². The summed E-state index contributed by atoms with van der Waals surface area (Å²) in [4.78, 5) is 18.5. The summed E-state index contributed by atoms with van der Waals surface area (Å²) in [6, 6.07) is 0. The molecule has 0 atom stereocenters. The summed E-state index contributed by atoms with van der Waals surface area (Å²) < 4.78 is 7.11. The van der Waals surface area contributed by atoms with Crippen molar-refractivity contribution in [2.75, 3.05) is 0 Å². The van der Waals surface area contributed by atoms with Crippen molar-refractivity contribution in [1.29, 1.82) is 0 Å². The third-order valence-electron chi connectivity index (χ3n) is 3.89. The van der Waals surface area contributed by atoms with Gasteiger partial charge in [0.2, 0.25) is 5.91 Å². The summed E-state index contributed by atoms with van der Waals surface area (Å²) in [6.07, 6.45) is 1.29. The molecule has 22 heavy (non-hydrogen) atoms. The van der Waals surface area contributed by atoms with E-state index in [4.69, 9.17) is 4.52 Å². The molecule has 2 aromatic heterocycles. The molecule has 0 saturated heterocycles. The Morgan fingerprint density at radius 3 is 2.77 bits per heavy atom. The summed E-state index contributed by atoms with van der Waals surface area (Å²) in [7, 11) is 1.88. The lowest BCUT2D eigenvalue weighted by molar-refractivity contribution is -0.132. The highest BCUT2D eigenvalue weighted by molar-refractivity contribution is 5.77. The van der Waals surface area contributed by atoms with Crippen molar-refractivity contribution in [3.63, 3.8) is 0 Å². The summed E-state index contributed by atoms with van der Waals surface area (Å²) in [5.74, 6) is 1.64. The van der Waals surface area contributed by atoms with E-state index in [2.05, 4.69) is 29.1 Å². The van der Waals surface area contributed by atoms with Crippen LogP contribution in [-0.4, -0.2) is 30.7 Å². The van der Waals surface area contributed by atoms with Crippen LogP contribution in [0.25, 0.3) is 11.6 Å². The van der Waals surface area contributed by atoms with Gasteiger partial charge in [-0.15, -0.1) is 0 Å². The Morgan fingerprint density at radius 2 is 2.14 bits per heavy atom. The van der Waals surface area contributed by atoms with Gasteiger partial charge in [-0.1, -0.05) is 25.9 Å². The minimum absolute atomic E-state index is 0.178. The average molecular weight is 303 g/mol. The van der Waals surface area contributed by atoms with Gasteiger partial charge in [0.25, 0.3) is 5.89 Å². The molecule has 118 valence electrons. The van der Waals surface area contributed by atoms with Gasteiger partial charge < -0.3 is 9.42 Å². The monoisotopic (exact) mass is 303 g/mol. The third kappa shape index (κ3) is 2.51. The number of nitrogens with zero attached hydrogens (tertiary/aromatic N) is 5. The lowest BCUT2D eigenvalue weighted by Gasteiger charge is -2.17. The van der Waals surface area contributed by atoms with Crippen LogP contribution in [0.2, 0.25) is 0 Å². The summed E-state index contributed by atoms with van der Waals surface area (Å²) >= 11 is 0. The number of rotatable bonds is 4. The lowest BCUT2D eigenvalue weighted by Crippen LogP contribution is -2.27. The normalized spacial score (nSPS) is 14.0. The van der Waals surface area contributed by atoms with E-state index in [1.165, 1.54) is 0 Å².